The molecule has 4 nitrogen and oxygen atoms in total. The zero-order valence-electron chi connectivity index (χ0n) is 12.5. The van der Waals surface area contributed by atoms with Crippen LogP contribution in [-0.4, -0.2) is 25.0 Å². The molecule has 0 bridgehead atoms. The fourth-order valence-electron chi connectivity index (χ4n) is 2.30. The maximum atomic E-state index is 12.5. The molecule has 0 saturated carbocycles. The van der Waals surface area contributed by atoms with Gasteiger partial charge < -0.3 is 9.47 Å². The fourth-order valence-corrected chi connectivity index (χ4v) is 2.30. The smallest absolute Gasteiger partial charge is 0.171 e. The third kappa shape index (κ3) is 3.40. The molecule has 0 amide bonds. The van der Waals surface area contributed by atoms with Crippen LogP contribution in [0.2, 0.25) is 0 Å². The molecule has 1 aromatic carbocycles. The number of nitrogens with zero attached hydrogens (tertiary/aromatic N) is 1. The van der Waals surface area contributed by atoms with Gasteiger partial charge in [-0.2, -0.15) is 0 Å². The van der Waals surface area contributed by atoms with E-state index in [9.17, 15) is 4.79 Å². The molecule has 4 heteroatoms. The van der Waals surface area contributed by atoms with Crippen molar-refractivity contribution < 1.29 is 14.3 Å². The molecule has 0 saturated heterocycles. The van der Waals surface area contributed by atoms with Crippen LogP contribution in [0.25, 0.3) is 0 Å². The van der Waals surface area contributed by atoms with Crippen molar-refractivity contribution in [3.05, 3.63) is 53.9 Å². The van der Waals surface area contributed by atoms with Crippen LogP contribution in [0.3, 0.4) is 0 Å². The summed E-state index contributed by atoms with van der Waals surface area (Å²) in [6.45, 7) is 2.03. The van der Waals surface area contributed by atoms with E-state index >= 15 is 0 Å². The quantitative estimate of drug-likeness (QED) is 0.762. The molecule has 110 valence electrons. The first-order chi connectivity index (χ1) is 10.2. The molecule has 0 aliphatic carbocycles. The summed E-state index contributed by atoms with van der Waals surface area (Å²) >= 11 is 0. The van der Waals surface area contributed by atoms with Gasteiger partial charge in [-0.15, -0.1) is 0 Å². The Labute approximate surface area is 124 Å². The van der Waals surface area contributed by atoms with Crippen molar-refractivity contribution in [1.82, 2.24) is 4.98 Å². The van der Waals surface area contributed by atoms with Crippen LogP contribution in [0.4, 0.5) is 0 Å². The zero-order valence-corrected chi connectivity index (χ0v) is 12.5. The SMILES string of the molecule is COc1cccc(C(=O)CC(C)c2ccncc2)c1OC. The summed E-state index contributed by atoms with van der Waals surface area (Å²) in [6.07, 6.45) is 3.89. The Bertz CT molecular complexity index is 611. The Hall–Kier alpha value is -2.36. The maximum Gasteiger partial charge on any atom is 0.171 e. The van der Waals surface area contributed by atoms with E-state index < -0.39 is 0 Å². The van der Waals surface area contributed by atoms with Crippen molar-refractivity contribution in [3.63, 3.8) is 0 Å². The number of carbonyl (C=O) groups is 1. The molecule has 1 aromatic heterocycles. The average molecular weight is 285 g/mol. The second-order valence-electron chi connectivity index (χ2n) is 4.85. The van der Waals surface area contributed by atoms with Crippen molar-refractivity contribution in [1.29, 1.82) is 0 Å². The minimum atomic E-state index is 0.0371. The van der Waals surface area contributed by atoms with E-state index in [0.29, 0.717) is 23.5 Å². The van der Waals surface area contributed by atoms with Gasteiger partial charge in [-0.05, 0) is 35.7 Å². The van der Waals surface area contributed by atoms with E-state index in [1.54, 1.807) is 44.8 Å². The number of hydrogen-bond donors (Lipinski definition) is 0. The van der Waals surface area contributed by atoms with Gasteiger partial charge in [0.2, 0.25) is 0 Å². The summed E-state index contributed by atoms with van der Waals surface area (Å²) in [5.41, 5.74) is 1.65. The summed E-state index contributed by atoms with van der Waals surface area (Å²) in [5, 5.41) is 0. The van der Waals surface area contributed by atoms with E-state index in [1.165, 1.54) is 0 Å². The first-order valence-electron chi connectivity index (χ1n) is 6.81. The number of pyridine rings is 1. The lowest BCUT2D eigenvalue weighted by molar-refractivity contribution is 0.0972. The lowest BCUT2D eigenvalue weighted by Gasteiger charge is -2.14. The molecule has 1 heterocycles. The molecule has 21 heavy (non-hydrogen) atoms. The number of rotatable bonds is 6. The number of para-hydroxylation sites is 1. The monoisotopic (exact) mass is 285 g/mol. The molecule has 0 aliphatic heterocycles. The van der Waals surface area contributed by atoms with E-state index in [4.69, 9.17) is 9.47 Å². The topological polar surface area (TPSA) is 48.4 Å². The zero-order chi connectivity index (χ0) is 15.2. The van der Waals surface area contributed by atoms with Crippen LogP contribution in [-0.2, 0) is 0 Å². The van der Waals surface area contributed by atoms with Crippen molar-refractivity contribution in [2.75, 3.05) is 14.2 Å². The molecule has 2 aromatic rings. The Kier molecular flexibility index (Phi) is 4.93. The van der Waals surface area contributed by atoms with Crippen molar-refractivity contribution >= 4 is 5.78 Å². The minimum absolute atomic E-state index is 0.0371. The Balaban J connectivity index is 2.21. The highest BCUT2D eigenvalue weighted by molar-refractivity contribution is 5.99. The minimum Gasteiger partial charge on any atom is -0.493 e. The third-order valence-corrected chi connectivity index (χ3v) is 3.47. The molecule has 0 spiro atoms. The number of carbonyl (C=O) groups excluding carboxylic acids is 1. The number of hydrogen-bond acceptors (Lipinski definition) is 4. The second-order valence-corrected chi connectivity index (χ2v) is 4.85. The summed E-state index contributed by atoms with van der Waals surface area (Å²) < 4.78 is 10.6. The number of methoxy groups -OCH3 is 2. The van der Waals surface area contributed by atoms with Gasteiger partial charge in [-0.3, -0.25) is 9.78 Å². The summed E-state index contributed by atoms with van der Waals surface area (Å²) in [7, 11) is 3.10. The van der Waals surface area contributed by atoms with Crippen molar-refractivity contribution in [3.8, 4) is 11.5 Å². The van der Waals surface area contributed by atoms with Gasteiger partial charge in [0.05, 0.1) is 19.8 Å². The predicted octanol–water partition coefficient (Wildman–Crippen LogP) is 3.48. The molecule has 0 N–H and O–H groups in total. The Morgan fingerprint density at radius 1 is 1.14 bits per heavy atom. The number of ether oxygens (including phenoxy) is 2. The largest absolute Gasteiger partial charge is 0.493 e. The van der Waals surface area contributed by atoms with Crippen LogP contribution in [0, 0.1) is 0 Å². The maximum absolute atomic E-state index is 12.5. The molecular formula is C17H19NO3. The van der Waals surface area contributed by atoms with E-state index in [-0.39, 0.29) is 11.7 Å². The lowest BCUT2D eigenvalue weighted by atomic mass is 9.93. The summed E-state index contributed by atoms with van der Waals surface area (Å²) in [5.74, 6) is 1.22. The number of Topliss-reactive ketones (excluding diaryl/α,β-unsaturated/α-hetero) is 1. The number of aromatic nitrogens is 1. The second kappa shape index (κ2) is 6.88. The van der Waals surface area contributed by atoms with Crippen LogP contribution in [0.1, 0.15) is 35.2 Å². The van der Waals surface area contributed by atoms with Gasteiger partial charge in [0.1, 0.15) is 0 Å². The van der Waals surface area contributed by atoms with Gasteiger partial charge in [-0.25, -0.2) is 0 Å². The predicted molar refractivity (Wildman–Crippen MR) is 81.1 cm³/mol. The summed E-state index contributed by atoms with van der Waals surface area (Å²) in [6, 6.07) is 9.21. The average Bonchev–Trinajstić information content (AvgIpc) is 2.54. The molecule has 2 rings (SSSR count). The molecule has 1 unspecified atom stereocenters. The summed E-state index contributed by atoms with van der Waals surface area (Å²) in [4.78, 5) is 16.5. The fraction of sp³-hybridized carbons (Fsp3) is 0.294. The van der Waals surface area contributed by atoms with E-state index in [1.807, 2.05) is 19.1 Å². The highest BCUT2D eigenvalue weighted by Gasteiger charge is 2.19. The van der Waals surface area contributed by atoms with Gasteiger partial charge in [0.25, 0.3) is 0 Å². The molecule has 0 aliphatic rings. The van der Waals surface area contributed by atoms with Crippen molar-refractivity contribution in [2.45, 2.75) is 19.3 Å². The van der Waals surface area contributed by atoms with Crippen LogP contribution >= 0.6 is 0 Å². The standard InChI is InChI=1S/C17H19NO3/c1-12(13-7-9-18-10-8-13)11-15(19)14-5-4-6-16(20-2)17(14)21-3/h4-10,12H,11H2,1-3H3. The van der Waals surface area contributed by atoms with Gasteiger partial charge >= 0.3 is 0 Å². The van der Waals surface area contributed by atoms with E-state index in [0.717, 1.165) is 5.56 Å². The molecule has 1 atom stereocenters. The van der Waals surface area contributed by atoms with Gasteiger partial charge in [0.15, 0.2) is 17.3 Å². The van der Waals surface area contributed by atoms with Gasteiger partial charge in [0, 0.05) is 18.8 Å². The Morgan fingerprint density at radius 3 is 2.48 bits per heavy atom. The molecular weight excluding hydrogens is 266 g/mol. The molecule has 0 radical (unpaired) electrons. The highest BCUT2D eigenvalue weighted by atomic mass is 16.5. The Morgan fingerprint density at radius 2 is 1.86 bits per heavy atom. The van der Waals surface area contributed by atoms with Crippen LogP contribution in [0.15, 0.2) is 42.7 Å². The third-order valence-electron chi connectivity index (χ3n) is 3.47. The normalized spacial score (nSPS) is 11.8. The number of ketones is 1. The first-order valence-corrected chi connectivity index (χ1v) is 6.81. The van der Waals surface area contributed by atoms with Crippen LogP contribution < -0.4 is 9.47 Å². The lowest BCUT2D eigenvalue weighted by Crippen LogP contribution is -2.07. The van der Waals surface area contributed by atoms with Crippen LogP contribution in [0.5, 0.6) is 11.5 Å². The highest BCUT2D eigenvalue weighted by Crippen LogP contribution is 2.32. The first kappa shape index (κ1) is 15.0. The number of benzene rings is 1. The van der Waals surface area contributed by atoms with E-state index in [2.05, 4.69) is 4.98 Å². The molecule has 0 fully saturated rings. The van der Waals surface area contributed by atoms with Crippen molar-refractivity contribution in [2.24, 2.45) is 0 Å². The van der Waals surface area contributed by atoms with Gasteiger partial charge in [-0.1, -0.05) is 13.0 Å².